The van der Waals surface area contributed by atoms with E-state index in [1.54, 1.807) is 0 Å². The molecule has 0 aliphatic heterocycles. The van der Waals surface area contributed by atoms with Crippen molar-refractivity contribution in [2.45, 2.75) is 31.2 Å². The van der Waals surface area contributed by atoms with Crippen LogP contribution in [0.4, 0.5) is 0 Å². The zero-order chi connectivity index (χ0) is 16.0. The molecule has 21 heavy (non-hydrogen) atoms. The van der Waals surface area contributed by atoms with Gasteiger partial charge in [-0.3, -0.25) is 0 Å². The second kappa shape index (κ2) is 7.94. The normalized spacial score (nSPS) is 14.9. The van der Waals surface area contributed by atoms with E-state index in [-0.39, 0.29) is 24.0 Å². The van der Waals surface area contributed by atoms with Gasteiger partial charge in [0.1, 0.15) is 0 Å². The van der Waals surface area contributed by atoms with Crippen molar-refractivity contribution < 1.29 is 13.5 Å². The summed E-state index contributed by atoms with van der Waals surface area (Å²) in [6, 6.07) is 5.54. The molecule has 4 nitrogen and oxygen atoms in total. The molecule has 2 atom stereocenters. The van der Waals surface area contributed by atoms with E-state index in [0.717, 1.165) is 6.42 Å². The minimum absolute atomic E-state index is 0.0389. The lowest BCUT2D eigenvalue weighted by atomic mass is 10.00. The molecule has 0 heterocycles. The summed E-state index contributed by atoms with van der Waals surface area (Å²) in [5.74, 6) is 0.0389. The van der Waals surface area contributed by atoms with Crippen molar-refractivity contribution in [2.75, 3.05) is 13.2 Å². The second-order valence-electron chi connectivity index (χ2n) is 4.95. The smallest absolute Gasteiger partial charge is 0.243 e. The molecular formula is C15H22ClNO3S. The molecule has 0 saturated carbocycles. The van der Waals surface area contributed by atoms with Crippen molar-refractivity contribution in [1.82, 2.24) is 4.31 Å². The van der Waals surface area contributed by atoms with E-state index in [2.05, 4.69) is 6.58 Å². The van der Waals surface area contributed by atoms with Crippen molar-refractivity contribution in [3.05, 3.63) is 41.9 Å². The Morgan fingerprint density at radius 3 is 2.38 bits per heavy atom. The third-order valence-corrected chi connectivity index (χ3v) is 5.74. The fourth-order valence-corrected chi connectivity index (χ4v) is 3.92. The van der Waals surface area contributed by atoms with Crippen molar-refractivity contribution in [2.24, 2.45) is 5.92 Å². The lowest BCUT2D eigenvalue weighted by Gasteiger charge is -2.32. The first-order chi connectivity index (χ1) is 9.88. The number of sulfonamides is 1. The molecule has 0 aliphatic rings. The molecule has 1 N–H and O–H groups in total. The Bertz CT molecular complexity index is 557. The summed E-state index contributed by atoms with van der Waals surface area (Å²) < 4.78 is 26.9. The van der Waals surface area contributed by atoms with Crippen LogP contribution < -0.4 is 0 Å². The van der Waals surface area contributed by atoms with E-state index in [1.807, 2.05) is 13.8 Å². The van der Waals surface area contributed by atoms with Gasteiger partial charge in [0, 0.05) is 11.6 Å². The highest BCUT2D eigenvalue weighted by molar-refractivity contribution is 7.89. The Labute approximate surface area is 132 Å². The molecule has 1 aromatic rings. The molecule has 6 heteroatoms. The number of aliphatic hydroxyl groups excluding tert-OH is 1. The van der Waals surface area contributed by atoms with Gasteiger partial charge in [0.25, 0.3) is 0 Å². The fourth-order valence-electron chi connectivity index (χ4n) is 2.11. The first-order valence-electron chi connectivity index (χ1n) is 6.87. The van der Waals surface area contributed by atoms with Gasteiger partial charge in [-0.05, 0) is 30.2 Å². The molecule has 0 amide bonds. The summed E-state index contributed by atoms with van der Waals surface area (Å²) in [5.41, 5.74) is 0. The van der Waals surface area contributed by atoms with Gasteiger partial charge < -0.3 is 5.11 Å². The first-order valence-corrected chi connectivity index (χ1v) is 8.69. The number of aliphatic hydroxyl groups is 1. The number of halogens is 1. The number of nitrogens with zero attached hydrogens (tertiary/aromatic N) is 1. The lowest BCUT2D eigenvalue weighted by Crippen LogP contribution is -2.46. The number of hydrogen-bond donors (Lipinski definition) is 1. The van der Waals surface area contributed by atoms with Crippen LogP contribution in [0.5, 0.6) is 0 Å². The molecule has 1 rings (SSSR count). The molecule has 0 aliphatic carbocycles. The second-order valence-corrected chi connectivity index (χ2v) is 7.28. The largest absolute Gasteiger partial charge is 0.395 e. The van der Waals surface area contributed by atoms with Crippen LogP contribution in [-0.2, 0) is 10.0 Å². The Balaban J connectivity index is 3.24. The standard InChI is InChI=1S/C15H22ClNO3S/c1-4-10-17(15(11-18)12(3)5-2)21(19,20)14-8-6-13(16)7-9-14/h4,6-9,12,15,18H,1,5,10-11H2,2-3H3. The molecule has 118 valence electrons. The maximum atomic E-state index is 12.8. The van der Waals surface area contributed by atoms with Gasteiger partial charge >= 0.3 is 0 Å². The van der Waals surface area contributed by atoms with Crippen LogP contribution in [0.15, 0.2) is 41.8 Å². The highest BCUT2D eigenvalue weighted by Gasteiger charge is 2.32. The van der Waals surface area contributed by atoms with Crippen LogP contribution in [-0.4, -0.2) is 37.0 Å². The van der Waals surface area contributed by atoms with Gasteiger partial charge in [-0.2, -0.15) is 4.31 Å². The Morgan fingerprint density at radius 2 is 1.95 bits per heavy atom. The van der Waals surface area contributed by atoms with Gasteiger partial charge in [-0.25, -0.2) is 8.42 Å². The highest BCUT2D eigenvalue weighted by atomic mass is 35.5. The van der Waals surface area contributed by atoms with Gasteiger partial charge in [-0.1, -0.05) is 37.9 Å². The Morgan fingerprint density at radius 1 is 1.38 bits per heavy atom. The Hall–Kier alpha value is -0.880. The third-order valence-electron chi connectivity index (χ3n) is 3.59. The fraction of sp³-hybridized carbons (Fsp3) is 0.467. The zero-order valence-electron chi connectivity index (χ0n) is 12.4. The molecular weight excluding hydrogens is 310 g/mol. The average Bonchev–Trinajstić information content (AvgIpc) is 2.47. The SMILES string of the molecule is C=CCN(C(CO)C(C)CC)S(=O)(=O)c1ccc(Cl)cc1. The molecule has 0 spiro atoms. The van der Waals surface area contributed by atoms with Crippen molar-refractivity contribution in [1.29, 1.82) is 0 Å². The van der Waals surface area contributed by atoms with E-state index in [4.69, 9.17) is 11.6 Å². The minimum Gasteiger partial charge on any atom is -0.395 e. The lowest BCUT2D eigenvalue weighted by molar-refractivity contribution is 0.150. The predicted octanol–water partition coefficient (Wildman–Crippen LogP) is 2.92. The van der Waals surface area contributed by atoms with E-state index in [0.29, 0.717) is 5.02 Å². The van der Waals surface area contributed by atoms with Crippen molar-refractivity contribution in [3.63, 3.8) is 0 Å². The summed E-state index contributed by atoms with van der Waals surface area (Å²) >= 11 is 5.80. The molecule has 0 radical (unpaired) electrons. The van der Waals surface area contributed by atoms with Gasteiger partial charge in [0.2, 0.25) is 10.0 Å². The van der Waals surface area contributed by atoms with Crippen LogP contribution in [0, 0.1) is 5.92 Å². The van der Waals surface area contributed by atoms with Gasteiger partial charge in [0.05, 0.1) is 17.5 Å². The first kappa shape index (κ1) is 18.2. The molecule has 2 unspecified atom stereocenters. The summed E-state index contributed by atoms with van der Waals surface area (Å²) in [6.45, 7) is 7.43. The van der Waals surface area contributed by atoms with E-state index in [1.165, 1.54) is 34.6 Å². The van der Waals surface area contributed by atoms with Crippen LogP contribution in [0.25, 0.3) is 0 Å². The van der Waals surface area contributed by atoms with E-state index < -0.39 is 16.1 Å². The molecule has 0 fully saturated rings. The topological polar surface area (TPSA) is 57.6 Å². The van der Waals surface area contributed by atoms with Crippen LogP contribution >= 0.6 is 11.6 Å². The molecule has 1 aromatic carbocycles. The summed E-state index contributed by atoms with van der Waals surface area (Å²) in [4.78, 5) is 0.163. The van der Waals surface area contributed by atoms with Gasteiger partial charge in [-0.15, -0.1) is 6.58 Å². The third kappa shape index (κ3) is 4.30. The molecule has 0 bridgehead atoms. The monoisotopic (exact) mass is 331 g/mol. The highest BCUT2D eigenvalue weighted by Crippen LogP contribution is 2.24. The van der Waals surface area contributed by atoms with Crippen LogP contribution in [0.3, 0.4) is 0 Å². The molecule has 0 saturated heterocycles. The minimum atomic E-state index is -3.70. The summed E-state index contributed by atoms with van der Waals surface area (Å²) in [7, 11) is -3.70. The van der Waals surface area contributed by atoms with E-state index >= 15 is 0 Å². The van der Waals surface area contributed by atoms with Crippen molar-refractivity contribution in [3.8, 4) is 0 Å². The average molecular weight is 332 g/mol. The van der Waals surface area contributed by atoms with E-state index in [9.17, 15) is 13.5 Å². The predicted molar refractivity (Wildman–Crippen MR) is 85.9 cm³/mol. The Kier molecular flexibility index (Phi) is 6.87. The van der Waals surface area contributed by atoms with Crippen molar-refractivity contribution >= 4 is 21.6 Å². The number of benzene rings is 1. The number of hydrogen-bond acceptors (Lipinski definition) is 3. The maximum absolute atomic E-state index is 12.8. The van der Waals surface area contributed by atoms with Crippen LogP contribution in [0.2, 0.25) is 5.02 Å². The van der Waals surface area contributed by atoms with Gasteiger partial charge in [0.15, 0.2) is 0 Å². The maximum Gasteiger partial charge on any atom is 0.243 e. The van der Waals surface area contributed by atoms with Crippen LogP contribution in [0.1, 0.15) is 20.3 Å². The zero-order valence-corrected chi connectivity index (χ0v) is 13.9. The number of rotatable bonds is 8. The quantitative estimate of drug-likeness (QED) is 0.745. The molecule has 0 aromatic heterocycles. The summed E-state index contributed by atoms with van der Waals surface area (Å²) in [6.07, 6.45) is 2.30. The summed E-state index contributed by atoms with van der Waals surface area (Å²) in [5, 5.41) is 10.1.